The minimum atomic E-state index is -0.506. The zero-order chi connectivity index (χ0) is 19.7. The van der Waals surface area contributed by atoms with Crippen molar-refractivity contribution < 1.29 is 19.1 Å². The van der Waals surface area contributed by atoms with Crippen molar-refractivity contribution >= 4 is 29.1 Å². The maximum absolute atomic E-state index is 13.1. The van der Waals surface area contributed by atoms with E-state index in [9.17, 15) is 14.4 Å². The molecule has 7 heteroatoms. The Morgan fingerprint density at radius 1 is 1.14 bits per heavy atom. The first kappa shape index (κ1) is 18.0. The van der Waals surface area contributed by atoms with Crippen LogP contribution in [0.5, 0.6) is 5.75 Å². The lowest BCUT2D eigenvalue weighted by atomic mass is 10.1. The lowest BCUT2D eigenvalue weighted by molar-refractivity contribution is -0.124. The van der Waals surface area contributed by atoms with E-state index < -0.39 is 6.04 Å². The van der Waals surface area contributed by atoms with E-state index in [1.165, 1.54) is 4.90 Å². The van der Waals surface area contributed by atoms with Gasteiger partial charge in [-0.2, -0.15) is 0 Å². The van der Waals surface area contributed by atoms with Crippen molar-refractivity contribution in [3.05, 3.63) is 54.1 Å². The van der Waals surface area contributed by atoms with Gasteiger partial charge in [0, 0.05) is 12.2 Å². The molecule has 2 aliphatic heterocycles. The molecule has 1 N–H and O–H groups in total. The fourth-order valence-electron chi connectivity index (χ4n) is 3.79. The van der Waals surface area contributed by atoms with Gasteiger partial charge in [0.05, 0.1) is 18.4 Å². The van der Waals surface area contributed by atoms with Crippen LogP contribution in [0.4, 0.5) is 11.4 Å². The Morgan fingerprint density at radius 2 is 1.89 bits per heavy atom. The van der Waals surface area contributed by atoms with E-state index >= 15 is 0 Å². The SMILES string of the molecule is COc1ccc(NC(=O)CN2C(=O)[C@H]3CCCN3C(=O)c3ccccc32)cc1. The minimum absolute atomic E-state index is 0.149. The number of carbonyl (C=O) groups is 3. The molecule has 2 aliphatic rings. The van der Waals surface area contributed by atoms with Crippen LogP contribution in [0.25, 0.3) is 0 Å². The number of rotatable bonds is 4. The first-order valence-corrected chi connectivity index (χ1v) is 9.24. The molecule has 28 heavy (non-hydrogen) atoms. The number of carbonyl (C=O) groups excluding carboxylic acids is 3. The second-order valence-electron chi connectivity index (χ2n) is 6.87. The quantitative estimate of drug-likeness (QED) is 0.884. The Kier molecular flexibility index (Phi) is 4.73. The normalized spacial score (nSPS) is 18.4. The van der Waals surface area contributed by atoms with Crippen LogP contribution in [0.2, 0.25) is 0 Å². The molecule has 0 unspecified atom stereocenters. The van der Waals surface area contributed by atoms with E-state index in [0.717, 1.165) is 6.42 Å². The molecule has 1 atom stereocenters. The molecule has 0 aliphatic carbocycles. The van der Waals surface area contributed by atoms with Gasteiger partial charge >= 0.3 is 0 Å². The highest BCUT2D eigenvalue weighted by Crippen LogP contribution is 2.32. The molecule has 4 rings (SSSR count). The first-order chi connectivity index (χ1) is 13.6. The summed E-state index contributed by atoms with van der Waals surface area (Å²) < 4.78 is 5.11. The molecular formula is C21H21N3O4. The van der Waals surface area contributed by atoms with Crippen molar-refractivity contribution in [1.29, 1.82) is 0 Å². The number of nitrogens with one attached hydrogen (secondary N) is 1. The maximum atomic E-state index is 13.1. The van der Waals surface area contributed by atoms with Crippen LogP contribution in [0, 0.1) is 0 Å². The van der Waals surface area contributed by atoms with Gasteiger partial charge < -0.3 is 19.9 Å². The number of fused-ring (bicyclic) bond motifs is 2. The van der Waals surface area contributed by atoms with Crippen LogP contribution >= 0.6 is 0 Å². The smallest absolute Gasteiger partial charge is 0.256 e. The van der Waals surface area contributed by atoms with Crippen LogP contribution in [-0.4, -0.2) is 48.9 Å². The van der Waals surface area contributed by atoms with Gasteiger partial charge in [-0.25, -0.2) is 0 Å². The number of benzene rings is 2. The van der Waals surface area contributed by atoms with E-state index in [-0.39, 0.29) is 24.3 Å². The summed E-state index contributed by atoms with van der Waals surface area (Å²) in [5.41, 5.74) is 1.55. The Balaban J connectivity index is 1.59. The Morgan fingerprint density at radius 3 is 2.64 bits per heavy atom. The van der Waals surface area contributed by atoms with Crippen LogP contribution in [0.3, 0.4) is 0 Å². The summed E-state index contributed by atoms with van der Waals surface area (Å²) >= 11 is 0. The average molecular weight is 379 g/mol. The lowest BCUT2D eigenvalue weighted by Crippen LogP contribution is -2.47. The molecular weight excluding hydrogens is 358 g/mol. The third-order valence-corrected chi connectivity index (χ3v) is 5.17. The predicted octanol–water partition coefficient (Wildman–Crippen LogP) is 2.29. The van der Waals surface area contributed by atoms with Crippen molar-refractivity contribution in [1.82, 2.24) is 4.90 Å². The minimum Gasteiger partial charge on any atom is -0.497 e. The molecule has 0 spiro atoms. The summed E-state index contributed by atoms with van der Waals surface area (Å²) in [5, 5.41) is 2.80. The van der Waals surface area contributed by atoms with Crippen molar-refractivity contribution in [2.24, 2.45) is 0 Å². The van der Waals surface area contributed by atoms with Crippen LogP contribution in [-0.2, 0) is 9.59 Å². The third-order valence-electron chi connectivity index (χ3n) is 5.17. The number of anilines is 2. The van der Waals surface area contributed by atoms with E-state index in [1.54, 1.807) is 60.5 Å². The molecule has 2 aromatic carbocycles. The number of hydrogen-bond donors (Lipinski definition) is 1. The van der Waals surface area contributed by atoms with E-state index in [0.29, 0.717) is 35.7 Å². The van der Waals surface area contributed by atoms with E-state index in [2.05, 4.69) is 5.32 Å². The van der Waals surface area contributed by atoms with Crippen molar-refractivity contribution in [2.75, 3.05) is 30.4 Å². The number of methoxy groups -OCH3 is 1. The Hall–Kier alpha value is -3.35. The van der Waals surface area contributed by atoms with Gasteiger partial charge in [-0.15, -0.1) is 0 Å². The number of hydrogen-bond acceptors (Lipinski definition) is 4. The molecule has 1 fully saturated rings. The number of ether oxygens (including phenoxy) is 1. The number of para-hydroxylation sites is 1. The standard InChI is InChI=1S/C21H21N3O4/c1-28-15-10-8-14(9-11-15)22-19(25)13-24-17-6-3-2-5-16(17)20(26)23-12-4-7-18(23)21(24)27/h2-3,5-6,8-11,18H,4,7,12-13H2,1H3,(H,22,25)/t18-/m1/s1. The van der Waals surface area contributed by atoms with Gasteiger partial charge in [0.2, 0.25) is 11.8 Å². The fraction of sp³-hybridized carbons (Fsp3) is 0.286. The lowest BCUT2D eigenvalue weighted by Gasteiger charge is -2.25. The molecule has 7 nitrogen and oxygen atoms in total. The summed E-state index contributed by atoms with van der Waals surface area (Å²) in [6.45, 7) is 0.412. The second-order valence-corrected chi connectivity index (χ2v) is 6.87. The summed E-state index contributed by atoms with van der Waals surface area (Å²) in [7, 11) is 1.57. The third kappa shape index (κ3) is 3.19. The van der Waals surface area contributed by atoms with Gasteiger partial charge in [0.25, 0.3) is 5.91 Å². The van der Waals surface area contributed by atoms with Crippen LogP contribution in [0.15, 0.2) is 48.5 Å². The van der Waals surface area contributed by atoms with E-state index in [4.69, 9.17) is 4.74 Å². The molecule has 0 bridgehead atoms. The highest BCUT2D eigenvalue weighted by Gasteiger charge is 2.42. The van der Waals surface area contributed by atoms with Gasteiger partial charge in [-0.1, -0.05) is 12.1 Å². The summed E-state index contributed by atoms with van der Waals surface area (Å²) in [6, 6.07) is 13.4. The fourth-order valence-corrected chi connectivity index (χ4v) is 3.79. The molecule has 144 valence electrons. The molecule has 0 saturated carbocycles. The molecule has 0 aromatic heterocycles. The molecule has 2 aromatic rings. The van der Waals surface area contributed by atoms with Gasteiger partial charge in [-0.3, -0.25) is 14.4 Å². The van der Waals surface area contributed by atoms with E-state index in [1.807, 2.05) is 0 Å². The van der Waals surface area contributed by atoms with Crippen molar-refractivity contribution in [3.63, 3.8) is 0 Å². The van der Waals surface area contributed by atoms with Gasteiger partial charge in [0.1, 0.15) is 18.3 Å². The Bertz CT molecular complexity index is 926. The highest BCUT2D eigenvalue weighted by atomic mass is 16.5. The van der Waals surface area contributed by atoms with Gasteiger partial charge in [0.15, 0.2) is 0 Å². The number of amides is 3. The molecule has 3 amide bonds. The zero-order valence-electron chi connectivity index (χ0n) is 15.6. The maximum Gasteiger partial charge on any atom is 0.256 e. The number of nitrogens with zero attached hydrogens (tertiary/aromatic N) is 2. The summed E-state index contributed by atoms with van der Waals surface area (Å²) in [5.74, 6) is 0.00636. The highest BCUT2D eigenvalue weighted by molar-refractivity contribution is 6.13. The average Bonchev–Trinajstić information content (AvgIpc) is 3.19. The summed E-state index contributed by atoms with van der Waals surface area (Å²) in [6.07, 6.45) is 1.41. The van der Waals surface area contributed by atoms with Crippen molar-refractivity contribution in [3.8, 4) is 5.75 Å². The largest absolute Gasteiger partial charge is 0.497 e. The summed E-state index contributed by atoms with van der Waals surface area (Å²) in [4.78, 5) is 41.7. The second kappa shape index (κ2) is 7.34. The predicted molar refractivity (Wildman–Crippen MR) is 104 cm³/mol. The topological polar surface area (TPSA) is 79.0 Å². The van der Waals surface area contributed by atoms with Crippen LogP contribution in [0.1, 0.15) is 23.2 Å². The van der Waals surface area contributed by atoms with Crippen molar-refractivity contribution in [2.45, 2.75) is 18.9 Å². The molecule has 2 heterocycles. The molecule has 1 saturated heterocycles. The first-order valence-electron chi connectivity index (χ1n) is 9.24. The monoisotopic (exact) mass is 379 g/mol. The van der Waals surface area contributed by atoms with Crippen LogP contribution < -0.4 is 15.0 Å². The Labute approximate surface area is 162 Å². The van der Waals surface area contributed by atoms with Gasteiger partial charge in [-0.05, 0) is 49.2 Å². The molecule has 0 radical (unpaired) electrons. The zero-order valence-corrected chi connectivity index (χ0v) is 15.6.